The summed E-state index contributed by atoms with van der Waals surface area (Å²) < 4.78 is 8.05. The lowest BCUT2D eigenvalue weighted by Gasteiger charge is -2.28. The van der Waals surface area contributed by atoms with Crippen molar-refractivity contribution in [1.82, 2.24) is 19.7 Å². The zero-order valence-corrected chi connectivity index (χ0v) is 13.8. The summed E-state index contributed by atoms with van der Waals surface area (Å²) in [6.45, 7) is 1.45. The smallest absolute Gasteiger partial charge is 0.302 e. The average molecular weight is 401 g/mol. The second-order valence-corrected chi connectivity index (χ2v) is 6.27. The fourth-order valence-corrected chi connectivity index (χ4v) is 3.64. The number of esters is 1. The van der Waals surface area contributed by atoms with Gasteiger partial charge in [0.1, 0.15) is 21.9 Å². The number of hydrogen-bond donors (Lipinski definition) is 1. The van der Waals surface area contributed by atoms with Crippen molar-refractivity contribution in [2.24, 2.45) is 0 Å². The van der Waals surface area contributed by atoms with E-state index in [1.807, 2.05) is 4.68 Å². The van der Waals surface area contributed by atoms with Crippen molar-refractivity contribution < 1.29 is 9.53 Å². The number of fused-ring (bicyclic) bond motifs is 1. The van der Waals surface area contributed by atoms with Crippen LogP contribution in [0.3, 0.4) is 0 Å². The van der Waals surface area contributed by atoms with E-state index < -0.39 is 0 Å². The molecule has 0 aromatic carbocycles. The number of nitrogen functional groups attached to an aromatic ring is 1. The molecule has 21 heavy (non-hydrogen) atoms. The molecule has 2 heterocycles. The summed E-state index contributed by atoms with van der Waals surface area (Å²) in [6.07, 6.45) is 5.07. The zero-order chi connectivity index (χ0) is 15.0. The molecule has 0 amide bonds. The Kier molecular flexibility index (Phi) is 3.96. The van der Waals surface area contributed by atoms with Crippen molar-refractivity contribution in [3.8, 4) is 0 Å². The number of halogens is 1. The minimum Gasteiger partial charge on any atom is -0.462 e. The summed E-state index contributed by atoms with van der Waals surface area (Å²) in [6, 6.07) is 0.170. The van der Waals surface area contributed by atoms with Crippen molar-refractivity contribution in [3.63, 3.8) is 0 Å². The molecule has 2 atom stereocenters. The monoisotopic (exact) mass is 401 g/mol. The Bertz CT molecular complexity index is 686. The first kappa shape index (κ1) is 14.5. The maximum absolute atomic E-state index is 11.1. The molecule has 7 nitrogen and oxygen atoms in total. The van der Waals surface area contributed by atoms with Crippen LogP contribution in [0.1, 0.15) is 38.6 Å². The van der Waals surface area contributed by atoms with Gasteiger partial charge in [-0.2, -0.15) is 5.10 Å². The molecule has 1 saturated carbocycles. The number of hydrogen-bond acceptors (Lipinski definition) is 6. The molecule has 0 bridgehead atoms. The van der Waals surface area contributed by atoms with Gasteiger partial charge in [-0.25, -0.2) is 14.6 Å². The van der Waals surface area contributed by atoms with Gasteiger partial charge < -0.3 is 10.5 Å². The fourth-order valence-electron chi connectivity index (χ4n) is 2.89. The van der Waals surface area contributed by atoms with E-state index in [4.69, 9.17) is 10.5 Å². The Morgan fingerprint density at radius 3 is 3.05 bits per heavy atom. The van der Waals surface area contributed by atoms with Crippen LogP contribution in [-0.2, 0) is 9.53 Å². The highest BCUT2D eigenvalue weighted by atomic mass is 127. The summed E-state index contributed by atoms with van der Waals surface area (Å²) >= 11 is 2.15. The molecule has 3 rings (SSSR count). The molecular formula is C13H16IN5O2. The number of rotatable bonds is 2. The van der Waals surface area contributed by atoms with E-state index in [9.17, 15) is 4.79 Å². The van der Waals surface area contributed by atoms with Gasteiger partial charge in [0.25, 0.3) is 0 Å². The van der Waals surface area contributed by atoms with E-state index >= 15 is 0 Å². The molecule has 0 spiro atoms. The van der Waals surface area contributed by atoms with Gasteiger partial charge in [-0.05, 0) is 41.9 Å². The van der Waals surface area contributed by atoms with Crippen molar-refractivity contribution in [3.05, 3.63) is 10.0 Å². The number of nitrogens with zero attached hydrogens (tertiary/aromatic N) is 4. The van der Waals surface area contributed by atoms with E-state index in [1.54, 1.807) is 0 Å². The molecule has 112 valence electrons. The van der Waals surface area contributed by atoms with Crippen LogP contribution in [0.15, 0.2) is 6.33 Å². The van der Waals surface area contributed by atoms with Crippen LogP contribution in [0, 0.1) is 3.70 Å². The minimum absolute atomic E-state index is 0.0441. The standard InChI is InChI=1S/C13H16IN5O2/c1-7(20)21-9-4-2-3-8(5-9)19-13-10(11(14)18-19)12(15)16-6-17-13/h6,8-9H,2-5H2,1H3,(H2,15,16,17)/t8?,9-/m1/s1. The van der Waals surface area contributed by atoms with Crippen LogP contribution < -0.4 is 5.73 Å². The number of nitrogens with two attached hydrogens (primary N) is 1. The molecule has 1 aliphatic carbocycles. The number of carbonyl (C=O) groups is 1. The molecular weight excluding hydrogens is 385 g/mol. The topological polar surface area (TPSA) is 95.9 Å². The summed E-state index contributed by atoms with van der Waals surface area (Å²) in [5.74, 6) is 0.218. The molecule has 1 unspecified atom stereocenters. The van der Waals surface area contributed by atoms with Gasteiger partial charge in [0.2, 0.25) is 0 Å². The van der Waals surface area contributed by atoms with Crippen LogP contribution in [-0.4, -0.2) is 31.8 Å². The second kappa shape index (κ2) is 5.74. The molecule has 1 aliphatic rings. The van der Waals surface area contributed by atoms with Gasteiger partial charge in [0.15, 0.2) is 5.65 Å². The number of ether oxygens (including phenoxy) is 1. The van der Waals surface area contributed by atoms with Gasteiger partial charge in [-0.3, -0.25) is 4.79 Å². The predicted octanol–water partition coefficient (Wildman–Crippen LogP) is 2.06. The van der Waals surface area contributed by atoms with Crippen LogP contribution in [0.5, 0.6) is 0 Å². The van der Waals surface area contributed by atoms with E-state index in [1.165, 1.54) is 13.3 Å². The number of carbonyl (C=O) groups excluding carboxylic acids is 1. The quantitative estimate of drug-likeness (QED) is 0.612. The van der Waals surface area contributed by atoms with Crippen molar-refractivity contribution in [2.45, 2.75) is 44.8 Å². The summed E-state index contributed by atoms with van der Waals surface area (Å²) in [5.41, 5.74) is 6.66. The van der Waals surface area contributed by atoms with Crippen molar-refractivity contribution in [2.75, 3.05) is 5.73 Å². The zero-order valence-electron chi connectivity index (χ0n) is 11.6. The van der Waals surface area contributed by atoms with Crippen LogP contribution in [0.4, 0.5) is 5.82 Å². The molecule has 1 fully saturated rings. The largest absolute Gasteiger partial charge is 0.462 e. The predicted molar refractivity (Wildman–Crippen MR) is 85.5 cm³/mol. The number of anilines is 1. The first-order chi connectivity index (χ1) is 10.1. The summed E-state index contributed by atoms with van der Waals surface area (Å²) in [4.78, 5) is 19.5. The van der Waals surface area contributed by atoms with Gasteiger partial charge in [-0.1, -0.05) is 0 Å². The van der Waals surface area contributed by atoms with Gasteiger partial charge in [0.05, 0.1) is 11.4 Å². The molecule has 0 saturated heterocycles. The van der Waals surface area contributed by atoms with E-state index in [0.717, 1.165) is 40.4 Å². The normalized spacial score (nSPS) is 22.4. The maximum Gasteiger partial charge on any atom is 0.302 e. The van der Waals surface area contributed by atoms with Crippen LogP contribution >= 0.6 is 22.6 Å². The average Bonchev–Trinajstić information content (AvgIpc) is 2.77. The Labute approximate surface area is 135 Å². The third-order valence-electron chi connectivity index (χ3n) is 3.75. The minimum atomic E-state index is -0.230. The Balaban J connectivity index is 1.93. The molecule has 0 aliphatic heterocycles. The van der Waals surface area contributed by atoms with Gasteiger partial charge in [-0.15, -0.1) is 0 Å². The highest BCUT2D eigenvalue weighted by molar-refractivity contribution is 14.1. The van der Waals surface area contributed by atoms with Gasteiger partial charge in [0, 0.05) is 13.3 Å². The van der Waals surface area contributed by atoms with Crippen molar-refractivity contribution >= 4 is 45.4 Å². The van der Waals surface area contributed by atoms with E-state index in [0.29, 0.717) is 5.82 Å². The molecule has 2 N–H and O–H groups in total. The first-order valence-corrected chi connectivity index (χ1v) is 7.95. The highest BCUT2D eigenvalue weighted by Crippen LogP contribution is 2.33. The van der Waals surface area contributed by atoms with E-state index in [-0.39, 0.29) is 18.1 Å². The SMILES string of the molecule is CC(=O)O[C@@H]1CCCC(n2nc(I)c3c(N)ncnc32)C1. The Hall–Kier alpha value is -1.45. The van der Waals surface area contributed by atoms with Gasteiger partial charge >= 0.3 is 5.97 Å². The molecule has 8 heteroatoms. The lowest BCUT2D eigenvalue weighted by atomic mass is 9.93. The number of aromatic nitrogens is 4. The highest BCUT2D eigenvalue weighted by Gasteiger charge is 2.28. The third-order valence-corrected chi connectivity index (χ3v) is 4.51. The van der Waals surface area contributed by atoms with Crippen LogP contribution in [0.25, 0.3) is 11.0 Å². The van der Waals surface area contributed by atoms with Crippen LogP contribution in [0.2, 0.25) is 0 Å². The summed E-state index contributed by atoms with van der Waals surface area (Å²) in [7, 11) is 0. The lowest BCUT2D eigenvalue weighted by Crippen LogP contribution is -2.27. The maximum atomic E-state index is 11.1. The van der Waals surface area contributed by atoms with Crippen molar-refractivity contribution in [1.29, 1.82) is 0 Å². The molecule has 0 radical (unpaired) electrons. The third kappa shape index (κ3) is 2.81. The second-order valence-electron chi connectivity index (χ2n) is 5.24. The molecule has 2 aromatic rings. The van der Waals surface area contributed by atoms with E-state index in [2.05, 4.69) is 37.7 Å². The Morgan fingerprint density at radius 1 is 1.48 bits per heavy atom. The first-order valence-electron chi connectivity index (χ1n) is 6.87. The molecule has 2 aromatic heterocycles. The fraction of sp³-hybridized carbons (Fsp3) is 0.538. The summed E-state index contributed by atoms with van der Waals surface area (Å²) in [5, 5.41) is 5.37. The lowest BCUT2D eigenvalue weighted by molar-refractivity contribution is -0.148. The Morgan fingerprint density at radius 2 is 2.29 bits per heavy atom.